The van der Waals surface area contributed by atoms with Crippen molar-refractivity contribution in [1.29, 1.82) is 0 Å². The molecule has 0 saturated carbocycles. The van der Waals surface area contributed by atoms with E-state index in [0.717, 1.165) is 5.56 Å². The highest BCUT2D eigenvalue weighted by Crippen LogP contribution is 2.10. The molecule has 17 heavy (non-hydrogen) atoms. The summed E-state index contributed by atoms with van der Waals surface area (Å²) in [5, 5.41) is 21.0. The first-order valence-electron chi connectivity index (χ1n) is 5.71. The van der Waals surface area contributed by atoms with Crippen molar-refractivity contribution in [2.24, 2.45) is 5.92 Å². The van der Waals surface area contributed by atoms with Crippen molar-refractivity contribution in [2.45, 2.75) is 26.3 Å². The van der Waals surface area contributed by atoms with Crippen LogP contribution in [0.2, 0.25) is 0 Å². The number of carbonyl (C=O) groups excluding carboxylic acids is 1. The molecule has 3 N–H and O–H groups in total. The number of aromatic hydroxyl groups is 1. The fourth-order valence-corrected chi connectivity index (χ4v) is 1.48. The summed E-state index contributed by atoms with van der Waals surface area (Å²) < 4.78 is 0. The molecule has 1 atom stereocenters. The molecule has 0 aliphatic carbocycles. The Morgan fingerprint density at radius 3 is 2.35 bits per heavy atom. The summed E-state index contributed by atoms with van der Waals surface area (Å²) in [7, 11) is 0. The van der Waals surface area contributed by atoms with Crippen LogP contribution >= 0.6 is 0 Å². The van der Waals surface area contributed by atoms with Gasteiger partial charge in [-0.25, -0.2) is 0 Å². The Morgan fingerprint density at radius 1 is 1.29 bits per heavy atom. The van der Waals surface area contributed by atoms with Crippen molar-refractivity contribution < 1.29 is 15.0 Å². The van der Waals surface area contributed by atoms with E-state index in [4.69, 9.17) is 10.2 Å². The summed E-state index contributed by atoms with van der Waals surface area (Å²) in [6, 6.07) is 6.30. The average Bonchev–Trinajstić information content (AvgIpc) is 2.28. The van der Waals surface area contributed by atoms with Gasteiger partial charge in [0.05, 0.1) is 19.1 Å². The third kappa shape index (κ3) is 4.44. The number of hydrogen-bond donors (Lipinski definition) is 3. The van der Waals surface area contributed by atoms with Crippen LogP contribution in [0, 0.1) is 5.92 Å². The van der Waals surface area contributed by atoms with Crippen LogP contribution in [-0.4, -0.2) is 28.8 Å². The highest BCUT2D eigenvalue weighted by Gasteiger charge is 2.14. The van der Waals surface area contributed by atoms with E-state index in [-0.39, 0.29) is 36.6 Å². The smallest absolute Gasteiger partial charge is 0.224 e. The normalized spacial score (nSPS) is 12.5. The number of carbonyl (C=O) groups is 1. The zero-order valence-corrected chi connectivity index (χ0v) is 10.2. The molecule has 1 unspecified atom stereocenters. The third-order valence-corrected chi connectivity index (χ3v) is 2.65. The predicted octanol–water partition coefficient (Wildman–Crippen LogP) is 1.07. The molecule has 0 aromatic heterocycles. The van der Waals surface area contributed by atoms with Crippen LogP contribution < -0.4 is 5.32 Å². The lowest BCUT2D eigenvalue weighted by Gasteiger charge is -2.19. The number of aliphatic hydroxyl groups is 1. The zero-order valence-electron chi connectivity index (χ0n) is 10.2. The minimum atomic E-state index is -0.209. The van der Waals surface area contributed by atoms with Gasteiger partial charge in [0, 0.05) is 0 Å². The predicted molar refractivity (Wildman–Crippen MR) is 65.7 cm³/mol. The number of amides is 1. The summed E-state index contributed by atoms with van der Waals surface area (Å²) in [4.78, 5) is 11.7. The lowest BCUT2D eigenvalue weighted by Crippen LogP contribution is -2.41. The van der Waals surface area contributed by atoms with Crippen molar-refractivity contribution in [3.8, 4) is 5.75 Å². The second kappa shape index (κ2) is 6.25. The molecule has 0 heterocycles. The third-order valence-electron chi connectivity index (χ3n) is 2.65. The Kier molecular flexibility index (Phi) is 4.97. The van der Waals surface area contributed by atoms with E-state index in [1.807, 2.05) is 13.8 Å². The molecule has 0 saturated heterocycles. The van der Waals surface area contributed by atoms with E-state index in [1.165, 1.54) is 0 Å². The molecule has 4 nitrogen and oxygen atoms in total. The van der Waals surface area contributed by atoms with Gasteiger partial charge in [-0.3, -0.25) is 4.79 Å². The number of aliphatic hydroxyl groups excluding tert-OH is 1. The van der Waals surface area contributed by atoms with Gasteiger partial charge in [-0.15, -0.1) is 0 Å². The van der Waals surface area contributed by atoms with Crippen molar-refractivity contribution >= 4 is 5.91 Å². The highest BCUT2D eigenvalue weighted by atomic mass is 16.3. The molecular weight excluding hydrogens is 218 g/mol. The molecule has 1 amide bonds. The van der Waals surface area contributed by atoms with Gasteiger partial charge < -0.3 is 15.5 Å². The number of rotatable bonds is 5. The number of phenols is 1. The molecule has 0 radical (unpaired) electrons. The maximum absolute atomic E-state index is 11.7. The van der Waals surface area contributed by atoms with Gasteiger partial charge in [0.2, 0.25) is 5.91 Å². The van der Waals surface area contributed by atoms with Crippen molar-refractivity contribution in [1.82, 2.24) is 5.32 Å². The van der Waals surface area contributed by atoms with Gasteiger partial charge >= 0.3 is 0 Å². The second-order valence-corrected chi connectivity index (χ2v) is 4.44. The van der Waals surface area contributed by atoms with Crippen LogP contribution in [0.25, 0.3) is 0 Å². The minimum absolute atomic E-state index is 0.0566. The summed E-state index contributed by atoms with van der Waals surface area (Å²) in [6.45, 7) is 3.84. The topological polar surface area (TPSA) is 69.6 Å². The van der Waals surface area contributed by atoms with Gasteiger partial charge in [0.15, 0.2) is 0 Å². The Morgan fingerprint density at radius 2 is 1.88 bits per heavy atom. The fraction of sp³-hybridized carbons (Fsp3) is 0.462. The summed E-state index contributed by atoms with van der Waals surface area (Å²) in [5.41, 5.74) is 0.834. The van der Waals surface area contributed by atoms with Gasteiger partial charge in [-0.05, 0) is 23.6 Å². The van der Waals surface area contributed by atoms with Gasteiger partial charge in [0.25, 0.3) is 0 Å². The van der Waals surface area contributed by atoms with Crippen LogP contribution in [0.4, 0.5) is 0 Å². The van der Waals surface area contributed by atoms with E-state index in [1.54, 1.807) is 24.3 Å². The maximum atomic E-state index is 11.7. The van der Waals surface area contributed by atoms with Crippen LogP contribution in [0.3, 0.4) is 0 Å². The lowest BCUT2D eigenvalue weighted by molar-refractivity contribution is -0.121. The number of phenolic OH excluding ortho intramolecular Hbond substituents is 1. The molecule has 0 fully saturated rings. The van der Waals surface area contributed by atoms with Gasteiger partial charge in [-0.1, -0.05) is 26.0 Å². The molecule has 94 valence electrons. The molecular formula is C13H19NO3. The molecule has 4 heteroatoms. The fourth-order valence-electron chi connectivity index (χ4n) is 1.48. The van der Waals surface area contributed by atoms with Crippen LogP contribution in [-0.2, 0) is 11.2 Å². The SMILES string of the molecule is CC(C)C(CO)NC(=O)Cc1ccc(O)cc1. The lowest BCUT2D eigenvalue weighted by atomic mass is 10.0. The van der Waals surface area contributed by atoms with Crippen LogP contribution in [0.1, 0.15) is 19.4 Å². The van der Waals surface area contributed by atoms with Gasteiger partial charge in [0.1, 0.15) is 5.75 Å². The van der Waals surface area contributed by atoms with E-state index in [0.29, 0.717) is 0 Å². The summed E-state index contributed by atoms with van der Waals surface area (Å²) in [6.07, 6.45) is 0.253. The quantitative estimate of drug-likeness (QED) is 0.717. The average molecular weight is 237 g/mol. The monoisotopic (exact) mass is 237 g/mol. The number of nitrogens with one attached hydrogen (secondary N) is 1. The summed E-state index contributed by atoms with van der Waals surface area (Å²) >= 11 is 0. The summed E-state index contributed by atoms with van der Waals surface area (Å²) in [5.74, 6) is 0.261. The van der Waals surface area contributed by atoms with Gasteiger partial charge in [-0.2, -0.15) is 0 Å². The highest BCUT2D eigenvalue weighted by molar-refractivity contribution is 5.78. The van der Waals surface area contributed by atoms with Crippen LogP contribution in [0.5, 0.6) is 5.75 Å². The molecule has 1 rings (SSSR count). The largest absolute Gasteiger partial charge is 0.508 e. The first-order chi connectivity index (χ1) is 8.02. The molecule has 1 aromatic rings. The minimum Gasteiger partial charge on any atom is -0.508 e. The standard InChI is InChI=1S/C13H19NO3/c1-9(2)12(8-15)14-13(17)7-10-3-5-11(16)6-4-10/h3-6,9,12,15-16H,7-8H2,1-2H3,(H,14,17). The first-order valence-corrected chi connectivity index (χ1v) is 5.71. The van der Waals surface area contributed by atoms with Crippen LogP contribution in [0.15, 0.2) is 24.3 Å². The molecule has 0 bridgehead atoms. The molecule has 0 aliphatic heterocycles. The maximum Gasteiger partial charge on any atom is 0.224 e. The Bertz CT molecular complexity index is 359. The van der Waals surface area contributed by atoms with E-state index < -0.39 is 0 Å². The second-order valence-electron chi connectivity index (χ2n) is 4.44. The first kappa shape index (κ1) is 13.5. The molecule has 0 spiro atoms. The number of hydrogen-bond acceptors (Lipinski definition) is 3. The van der Waals surface area contributed by atoms with E-state index >= 15 is 0 Å². The Balaban J connectivity index is 2.52. The van der Waals surface area contributed by atoms with Crippen molar-refractivity contribution in [2.75, 3.05) is 6.61 Å². The number of benzene rings is 1. The van der Waals surface area contributed by atoms with E-state index in [9.17, 15) is 4.79 Å². The Labute approximate surface area is 101 Å². The van der Waals surface area contributed by atoms with Crippen molar-refractivity contribution in [3.05, 3.63) is 29.8 Å². The Hall–Kier alpha value is -1.55. The zero-order chi connectivity index (χ0) is 12.8. The molecule has 0 aliphatic rings. The van der Waals surface area contributed by atoms with Crippen molar-refractivity contribution in [3.63, 3.8) is 0 Å². The molecule has 1 aromatic carbocycles. The van der Waals surface area contributed by atoms with E-state index in [2.05, 4.69) is 5.32 Å².